The van der Waals surface area contributed by atoms with Gasteiger partial charge in [-0.05, 0) is 57.6 Å². The van der Waals surface area contributed by atoms with Crippen molar-refractivity contribution in [3.63, 3.8) is 0 Å². The molecule has 49 heavy (non-hydrogen) atoms. The van der Waals surface area contributed by atoms with Gasteiger partial charge in [-0.25, -0.2) is 15.0 Å². The average Bonchev–Trinajstić information content (AvgIpc) is 3.57. The number of fused-ring (bicyclic) bond motifs is 8. The molecule has 3 heterocycles. The molecule has 10 aromatic rings. The Hall–Kier alpha value is -6.72. The zero-order valence-corrected chi connectivity index (χ0v) is 26.2. The van der Waals surface area contributed by atoms with Crippen LogP contribution in [0.15, 0.2) is 162 Å². The Morgan fingerprint density at radius 2 is 1.06 bits per heavy atom. The van der Waals surface area contributed by atoms with Crippen molar-refractivity contribution in [3.05, 3.63) is 158 Å². The van der Waals surface area contributed by atoms with Crippen molar-refractivity contribution in [3.8, 4) is 45.3 Å². The van der Waals surface area contributed by atoms with Crippen LogP contribution in [0.1, 0.15) is 0 Å². The number of aromatic nitrogens is 4. The van der Waals surface area contributed by atoms with Crippen molar-refractivity contribution in [2.45, 2.75) is 0 Å². The molecule has 0 saturated heterocycles. The van der Waals surface area contributed by atoms with Crippen molar-refractivity contribution in [2.24, 2.45) is 0 Å². The number of nitrogens with zero attached hydrogens (tertiary/aromatic N) is 4. The van der Waals surface area contributed by atoms with Crippen LogP contribution in [0.3, 0.4) is 0 Å². The lowest BCUT2D eigenvalue weighted by Crippen LogP contribution is -2.01. The second-order valence-electron chi connectivity index (χ2n) is 12.2. The van der Waals surface area contributed by atoms with Crippen LogP contribution in [0.5, 0.6) is 0 Å². The molecule has 0 unspecified atom stereocenters. The molecule has 0 aliphatic carbocycles. The highest BCUT2D eigenvalue weighted by molar-refractivity contribution is 6.20. The van der Waals surface area contributed by atoms with E-state index in [1.54, 1.807) is 0 Å². The SMILES string of the molecule is c1ccc(-c2cccc(-c3nc(-c4cc5c(ccc6cccnc65)c5ccccc45)nc(-c4cccc5oc6ccccc6c45)n3)c2)cc1. The zero-order valence-electron chi connectivity index (χ0n) is 26.2. The maximum absolute atomic E-state index is 6.28. The summed E-state index contributed by atoms with van der Waals surface area (Å²) in [4.78, 5) is 20.5. The standard InChI is InChI=1S/C44H26N4O/c1-2-11-27(12-3-1)29-13-8-14-30(25-29)42-46-43(35-19-9-21-39-40(35)34-18-6-7-20-38(34)49-39)48-44(47-42)37-26-36-33(31-16-4-5-17-32(31)37)23-22-28-15-10-24-45-41(28)36/h1-26H. The Morgan fingerprint density at radius 3 is 1.96 bits per heavy atom. The van der Waals surface area contributed by atoms with E-state index < -0.39 is 0 Å². The molecule has 10 rings (SSSR count). The molecule has 0 amide bonds. The van der Waals surface area contributed by atoms with Gasteiger partial charge in [-0.3, -0.25) is 4.98 Å². The minimum Gasteiger partial charge on any atom is -0.456 e. The molecule has 5 nitrogen and oxygen atoms in total. The first-order chi connectivity index (χ1) is 24.3. The Morgan fingerprint density at radius 1 is 0.388 bits per heavy atom. The van der Waals surface area contributed by atoms with E-state index in [1.165, 1.54) is 0 Å². The predicted octanol–water partition coefficient (Wildman–Crippen LogP) is 11.3. The lowest BCUT2D eigenvalue weighted by Gasteiger charge is -2.14. The largest absolute Gasteiger partial charge is 0.456 e. The van der Waals surface area contributed by atoms with E-state index in [0.29, 0.717) is 17.5 Å². The van der Waals surface area contributed by atoms with E-state index in [2.05, 4.69) is 109 Å². The van der Waals surface area contributed by atoms with Crippen LogP contribution in [0.2, 0.25) is 0 Å². The van der Waals surface area contributed by atoms with Crippen molar-refractivity contribution in [1.82, 2.24) is 19.9 Å². The summed E-state index contributed by atoms with van der Waals surface area (Å²) in [7, 11) is 0. The number of pyridine rings is 1. The first-order valence-electron chi connectivity index (χ1n) is 16.3. The fraction of sp³-hybridized carbons (Fsp3) is 0. The summed E-state index contributed by atoms with van der Waals surface area (Å²) >= 11 is 0. The van der Waals surface area contributed by atoms with Crippen molar-refractivity contribution < 1.29 is 4.42 Å². The van der Waals surface area contributed by atoms with Gasteiger partial charge in [0.05, 0.1) is 5.52 Å². The van der Waals surface area contributed by atoms with Gasteiger partial charge in [0.1, 0.15) is 11.2 Å². The van der Waals surface area contributed by atoms with Crippen molar-refractivity contribution >= 4 is 54.4 Å². The molecule has 0 radical (unpaired) electrons. The van der Waals surface area contributed by atoms with Gasteiger partial charge in [0.2, 0.25) is 0 Å². The zero-order chi connectivity index (χ0) is 32.3. The molecule has 5 heteroatoms. The van der Waals surface area contributed by atoms with Gasteiger partial charge in [-0.1, -0.05) is 121 Å². The Bertz CT molecular complexity index is 2890. The topological polar surface area (TPSA) is 64.7 Å². The molecule has 0 N–H and O–H groups in total. The fourth-order valence-corrected chi connectivity index (χ4v) is 7.08. The van der Waals surface area contributed by atoms with Crippen molar-refractivity contribution in [1.29, 1.82) is 0 Å². The lowest BCUT2D eigenvalue weighted by atomic mass is 9.95. The van der Waals surface area contributed by atoms with E-state index in [0.717, 1.165) is 82.2 Å². The maximum atomic E-state index is 6.28. The highest BCUT2D eigenvalue weighted by Gasteiger charge is 2.20. The normalized spacial score (nSPS) is 11.7. The lowest BCUT2D eigenvalue weighted by molar-refractivity contribution is 0.669. The van der Waals surface area contributed by atoms with Gasteiger partial charge in [-0.15, -0.1) is 0 Å². The van der Waals surface area contributed by atoms with Crippen LogP contribution >= 0.6 is 0 Å². The molecule has 7 aromatic carbocycles. The van der Waals surface area contributed by atoms with E-state index in [-0.39, 0.29) is 0 Å². The number of para-hydroxylation sites is 1. The molecule has 0 spiro atoms. The van der Waals surface area contributed by atoms with Crippen LogP contribution in [0.25, 0.3) is 99.7 Å². The van der Waals surface area contributed by atoms with Gasteiger partial charge in [-0.2, -0.15) is 0 Å². The summed E-state index contributed by atoms with van der Waals surface area (Å²) < 4.78 is 6.28. The Kier molecular flexibility index (Phi) is 6.11. The Balaban J connectivity index is 1.29. The van der Waals surface area contributed by atoms with Gasteiger partial charge in [0, 0.05) is 44.4 Å². The minimum atomic E-state index is 0.586. The van der Waals surface area contributed by atoms with Gasteiger partial charge < -0.3 is 4.42 Å². The van der Waals surface area contributed by atoms with Gasteiger partial charge in [0.25, 0.3) is 0 Å². The maximum Gasteiger partial charge on any atom is 0.164 e. The van der Waals surface area contributed by atoms with Gasteiger partial charge >= 0.3 is 0 Å². The summed E-state index contributed by atoms with van der Waals surface area (Å²) in [5.41, 5.74) is 7.53. The van der Waals surface area contributed by atoms with E-state index in [9.17, 15) is 0 Å². The second kappa shape index (κ2) is 10.9. The van der Waals surface area contributed by atoms with E-state index in [4.69, 9.17) is 24.4 Å². The molecule has 0 fully saturated rings. The molecule has 0 atom stereocenters. The van der Waals surface area contributed by atoms with Gasteiger partial charge in [0.15, 0.2) is 17.5 Å². The van der Waals surface area contributed by atoms with Crippen LogP contribution in [0.4, 0.5) is 0 Å². The molecule has 3 aromatic heterocycles. The summed E-state index contributed by atoms with van der Waals surface area (Å²) in [5, 5.41) is 7.49. The number of hydrogen-bond donors (Lipinski definition) is 0. The third-order valence-electron chi connectivity index (χ3n) is 9.36. The molecule has 0 aliphatic heterocycles. The molecular weight excluding hydrogens is 601 g/mol. The third kappa shape index (κ3) is 4.48. The number of hydrogen-bond acceptors (Lipinski definition) is 5. The summed E-state index contributed by atoms with van der Waals surface area (Å²) in [6.45, 7) is 0. The number of benzene rings is 7. The number of rotatable bonds is 4. The number of furan rings is 1. The molecule has 0 bridgehead atoms. The monoisotopic (exact) mass is 626 g/mol. The molecule has 0 saturated carbocycles. The summed E-state index contributed by atoms with van der Waals surface area (Å²) in [6.07, 6.45) is 1.85. The summed E-state index contributed by atoms with van der Waals surface area (Å²) in [5.74, 6) is 1.78. The Labute approximate surface area is 281 Å². The smallest absolute Gasteiger partial charge is 0.164 e. The van der Waals surface area contributed by atoms with Crippen LogP contribution in [0, 0.1) is 0 Å². The van der Waals surface area contributed by atoms with Crippen molar-refractivity contribution in [2.75, 3.05) is 0 Å². The van der Waals surface area contributed by atoms with E-state index in [1.807, 2.05) is 48.7 Å². The first-order valence-corrected chi connectivity index (χ1v) is 16.3. The van der Waals surface area contributed by atoms with Crippen LogP contribution in [-0.2, 0) is 0 Å². The molecular formula is C44H26N4O. The molecule has 228 valence electrons. The van der Waals surface area contributed by atoms with E-state index >= 15 is 0 Å². The first kappa shape index (κ1) is 27.4. The second-order valence-corrected chi connectivity index (χ2v) is 12.2. The van der Waals surface area contributed by atoms with Crippen LogP contribution in [-0.4, -0.2) is 19.9 Å². The van der Waals surface area contributed by atoms with Crippen LogP contribution < -0.4 is 0 Å². The highest BCUT2D eigenvalue weighted by atomic mass is 16.3. The molecule has 0 aliphatic rings. The fourth-order valence-electron chi connectivity index (χ4n) is 7.08. The highest BCUT2D eigenvalue weighted by Crippen LogP contribution is 2.40. The average molecular weight is 627 g/mol. The third-order valence-corrected chi connectivity index (χ3v) is 9.36. The predicted molar refractivity (Wildman–Crippen MR) is 199 cm³/mol. The minimum absolute atomic E-state index is 0.586. The quantitative estimate of drug-likeness (QED) is 0.182. The summed E-state index contributed by atoms with van der Waals surface area (Å²) in [6, 6.07) is 52.1.